The van der Waals surface area contributed by atoms with E-state index in [1.165, 1.54) is 22.4 Å². The molecule has 0 radical (unpaired) electrons. The van der Waals surface area contributed by atoms with Crippen LogP contribution in [0.1, 0.15) is 42.1 Å². The van der Waals surface area contributed by atoms with Crippen molar-refractivity contribution in [1.29, 1.82) is 0 Å². The molecule has 0 aliphatic carbocycles. The van der Waals surface area contributed by atoms with Crippen molar-refractivity contribution in [1.82, 2.24) is 4.98 Å². The van der Waals surface area contributed by atoms with Crippen LogP contribution in [0.25, 0.3) is 0 Å². The smallest absolute Gasteiger partial charge is 0.129 e. The molecular formula is C18H22N2. The second-order valence-corrected chi connectivity index (χ2v) is 5.96. The molecule has 0 atom stereocenters. The van der Waals surface area contributed by atoms with Crippen LogP contribution in [0.3, 0.4) is 0 Å². The molecule has 20 heavy (non-hydrogen) atoms. The Morgan fingerprint density at radius 3 is 2.70 bits per heavy atom. The second-order valence-electron chi connectivity index (χ2n) is 5.96. The number of pyridine rings is 1. The van der Waals surface area contributed by atoms with Gasteiger partial charge < -0.3 is 4.90 Å². The summed E-state index contributed by atoms with van der Waals surface area (Å²) in [5.41, 5.74) is 5.56. The first-order valence-corrected chi connectivity index (χ1v) is 7.44. The predicted octanol–water partition coefficient (Wildman–Crippen LogP) is 4.08. The first kappa shape index (κ1) is 13.2. The number of hydrogen-bond donors (Lipinski definition) is 0. The van der Waals surface area contributed by atoms with Crippen LogP contribution in [-0.2, 0) is 13.0 Å². The molecule has 0 spiro atoms. The van der Waals surface area contributed by atoms with E-state index < -0.39 is 0 Å². The molecule has 2 nitrogen and oxygen atoms in total. The highest BCUT2D eigenvalue weighted by atomic mass is 15.2. The fourth-order valence-electron chi connectivity index (χ4n) is 2.88. The number of fused-ring (bicyclic) bond motifs is 1. The van der Waals surface area contributed by atoms with Gasteiger partial charge in [-0.15, -0.1) is 0 Å². The summed E-state index contributed by atoms with van der Waals surface area (Å²) < 4.78 is 0. The number of aromatic nitrogens is 1. The second kappa shape index (κ2) is 5.28. The Kier molecular flexibility index (Phi) is 3.47. The molecule has 0 unspecified atom stereocenters. The van der Waals surface area contributed by atoms with Gasteiger partial charge in [0.15, 0.2) is 0 Å². The lowest BCUT2D eigenvalue weighted by molar-refractivity contribution is 0.709. The van der Waals surface area contributed by atoms with Gasteiger partial charge in [-0.1, -0.05) is 38.1 Å². The zero-order valence-electron chi connectivity index (χ0n) is 12.6. The van der Waals surface area contributed by atoms with E-state index in [4.69, 9.17) is 4.98 Å². The molecule has 1 aliphatic heterocycles. The molecule has 1 aliphatic rings. The number of aryl methyl sites for hydroxylation is 1. The average Bonchev–Trinajstić information content (AvgIpc) is 2.47. The molecule has 0 saturated heterocycles. The van der Waals surface area contributed by atoms with Crippen molar-refractivity contribution >= 4 is 5.82 Å². The third kappa shape index (κ3) is 2.43. The number of hydrogen-bond acceptors (Lipinski definition) is 2. The van der Waals surface area contributed by atoms with E-state index in [1.807, 2.05) is 0 Å². The van der Waals surface area contributed by atoms with Gasteiger partial charge in [-0.2, -0.15) is 0 Å². The molecule has 0 N–H and O–H groups in total. The summed E-state index contributed by atoms with van der Waals surface area (Å²) in [6, 6.07) is 13.0. The topological polar surface area (TPSA) is 16.1 Å². The van der Waals surface area contributed by atoms with Gasteiger partial charge in [0.1, 0.15) is 5.82 Å². The Bertz CT molecular complexity index is 617. The van der Waals surface area contributed by atoms with Crippen LogP contribution >= 0.6 is 0 Å². The van der Waals surface area contributed by atoms with E-state index >= 15 is 0 Å². The highest BCUT2D eigenvalue weighted by Crippen LogP contribution is 2.26. The molecule has 2 aromatic rings. The third-order valence-corrected chi connectivity index (χ3v) is 4.18. The monoisotopic (exact) mass is 266 g/mol. The molecule has 104 valence electrons. The fourth-order valence-corrected chi connectivity index (χ4v) is 2.88. The molecule has 0 amide bonds. The summed E-state index contributed by atoms with van der Waals surface area (Å²) in [7, 11) is 0. The molecule has 1 aromatic carbocycles. The molecule has 2 heteroatoms. The maximum atomic E-state index is 4.82. The zero-order valence-corrected chi connectivity index (χ0v) is 12.6. The fraction of sp³-hybridized carbons (Fsp3) is 0.389. The highest BCUT2D eigenvalue weighted by molar-refractivity contribution is 5.47. The van der Waals surface area contributed by atoms with Gasteiger partial charge in [0, 0.05) is 18.8 Å². The SMILES string of the molecule is Cc1cccc2c1CN(c1cccc(C(C)C)n1)CC2. The Hall–Kier alpha value is -1.83. The molecular weight excluding hydrogens is 244 g/mol. The van der Waals surface area contributed by atoms with Crippen LogP contribution < -0.4 is 4.90 Å². The Morgan fingerprint density at radius 1 is 1.10 bits per heavy atom. The lowest BCUT2D eigenvalue weighted by Gasteiger charge is -2.31. The minimum absolute atomic E-state index is 0.480. The predicted molar refractivity (Wildman–Crippen MR) is 84.3 cm³/mol. The number of nitrogens with zero attached hydrogens (tertiary/aromatic N) is 2. The van der Waals surface area contributed by atoms with Gasteiger partial charge in [-0.05, 0) is 48.1 Å². The highest BCUT2D eigenvalue weighted by Gasteiger charge is 2.19. The van der Waals surface area contributed by atoms with Crippen molar-refractivity contribution in [3.8, 4) is 0 Å². The van der Waals surface area contributed by atoms with Crippen LogP contribution in [0.5, 0.6) is 0 Å². The zero-order chi connectivity index (χ0) is 14.1. The van der Waals surface area contributed by atoms with E-state index in [2.05, 4.69) is 62.1 Å². The number of anilines is 1. The van der Waals surface area contributed by atoms with Crippen molar-refractivity contribution in [3.63, 3.8) is 0 Å². The van der Waals surface area contributed by atoms with E-state index in [9.17, 15) is 0 Å². The lowest BCUT2D eigenvalue weighted by atomic mass is 9.95. The van der Waals surface area contributed by atoms with Crippen molar-refractivity contribution in [2.45, 2.75) is 39.7 Å². The van der Waals surface area contributed by atoms with Crippen LogP contribution in [-0.4, -0.2) is 11.5 Å². The van der Waals surface area contributed by atoms with Gasteiger partial charge in [0.05, 0.1) is 0 Å². The van der Waals surface area contributed by atoms with Crippen LogP contribution in [0.2, 0.25) is 0 Å². The van der Waals surface area contributed by atoms with Gasteiger partial charge in [-0.25, -0.2) is 4.98 Å². The summed E-state index contributed by atoms with van der Waals surface area (Å²) in [6.07, 6.45) is 1.12. The van der Waals surface area contributed by atoms with Gasteiger partial charge in [-0.3, -0.25) is 0 Å². The average molecular weight is 266 g/mol. The largest absolute Gasteiger partial charge is 0.352 e. The van der Waals surface area contributed by atoms with Crippen molar-refractivity contribution in [2.75, 3.05) is 11.4 Å². The minimum Gasteiger partial charge on any atom is -0.352 e. The maximum absolute atomic E-state index is 4.82. The summed E-state index contributed by atoms with van der Waals surface area (Å²) in [4.78, 5) is 7.23. The Morgan fingerprint density at radius 2 is 1.90 bits per heavy atom. The minimum atomic E-state index is 0.480. The molecule has 0 saturated carbocycles. The normalized spacial score (nSPS) is 14.5. The summed E-state index contributed by atoms with van der Waals surface area (Å²) in [5.74, 6) is 1.60. The Labute approximate surface area is 121 Å². The third-order valence-electron chi connectivity index (χ3n) is 4.18. The van der Waals surface area contributed by atoms with Crippen molar-refractivity contribution in [3.05, 3.63) is 58.8 Å². The molecule has 3 rings (SSSR count). The Balaban J connectivity index is 1.90. The van der Waals surface area contributed by atoms with Gasteiger partial charge in [0.2, 0.25) is 0 Å². The standard InChI is InChI=1S/C18H22N2/c1-13(2)17-8-5-9-18(19-17)20-11-10-15-7-4-6-14(3)16(15)12-20/h4-9,13H,10-12H2,1-3H3. The molecule has 0 bridgehead atoms. The van der Waals surface area contributed by atoms with Gasteiger partial charge in [0.25, 0.3) is 0 Å². The first-order chi connectivity index (χ1) is 9.65. The van der Waals surface area contributed by atoms with E-state index in [1.54, 1.807) is 0 Å². The van der Waals surface area contributed by atoms with E-state index in [0.717, 1.165) is 25.3 Å². The van der Waals surface area contributed by atoms with Gasteiger partial charge >= 0.3 is 0 Å². The summed E-state index contributed by atoms with van der Waals surface area (Å²) in [5, 5.41) is 0. The molecule has 2 heterocycles. The van der Waals surface area contributed by atoms with Crippen molar-refractivity contribution < 1.29 is 0 Å². The van der Waals surface area contributed by atoms with E-state index in [-0.39, 0.29) is 0 Å². The lowest BCUT2D eigenvalue weighted by Crippen LogP contribution is -2.31. The van der Waals surface area contributed by atoms with Crippen LogP contribution in [0.4, 0.5) is 5.82 Å². The number of benzene rings is 1. The maximum Gasteiger partial charge on any atom is 0.129 e. The summed E-state index contributed by atoms with van der Waals surface area (Å²) in [6.45, 7) is 8.64. The van der Waals surface area contributed by atoms with Crippen molar-refractivity contribution in [2.24, 2.45) is 0 Å². The number of rotatable bonds is 2. The van der Waals surface area contributed by atoms with Crippen LogP contribution in [0, 0.1) is 6.92 Å². The molecule has 0 fully saturated rings. The molecule has 1 aromatic heterocycles. The quantitative estimate of drug-likeness (QED) is 0.814. The van der Waals surface area contributed by atoms with E-state index in [0.29, 0.717) is 5.92 Å². The first-order valence-electron chi connectivity index (χ1n) is 7.44. The summed E-state index contributed by atoms with van der Waals surface area (Å²) >= 11 is 0. The van der Waals surface area contributed by atoms with Crippen LogP contribution in [0.15, 0.2) is 36.4 Å².